The van der Waals surface area contributed by atoms with Gasteiger partial charge in [-0.15, -0.1) is 6.58 Å². The van der Waals surface area contributed by atoms with E-state index in [1.165, 1.54) is 56.9 Å². The summed E-state index contributed by atoms with van der Waals surface area (Å²) in [5, 5.41) is 0. The summed E-state index contributed by atoms with van der Waals surface area (Å²) in [4.78, 5) is 0. The highest BCUT2D eigenvalue weighted by Crippen LogP contribution is 2.39. The number of hydrogen-bond donors (Lipinski definition) is 0. The smallest absolute Gasteiger partial charge is 0.122 e. The van der Waals surface area contributed by atoms with Crippen molar-refractivity contribution in [2.75, 3.05) is 6.61 Å². The summed E-state index contributed by atoms with van der Waals surface area (Å²) in [6, 6.07) is 6.95. The summed E-state index contributed by atoms with van der Waals surface area (Å²) >= 11 is 0. The summed E-state index contributed by atoms with van der Waals surface area (Å²) in [7, 11) is 0. The van der Waals surface area contributed by atoms with Crippen LogP contribution >= 0.6 is 0 Å². The van der Waals surface area contributed by atoms with Gasteiger partial charge in [0.15, 0.2) is 0 Å². The van der Waals surface area contributed by atoms with Gasteiger partial charge in [0.25, 0.3) is 0 Å². The first-order chi connectivity index (χ1) is 11.3. The fourth-order valence-electron chi connectivity index (χ4n) is 3.95. The van der Waals surface area contributed by atoms with Crippen molar-refractivity contribution in [3.63, 3.8) is 0 Å². The van der Waals surface area contributed by atoms with E-state index in [9.17, 15) is 0 Å². The molecular formula is C22H34O. The van der Waals surface area contributed by atoms with E-state index in [-0.39, 0.29) is 0 Å². The lowest BCUT2D eigenvalue weighted by Gasteiger charge is -2.29. The molecule has 0 unspecified atom stereocenters. The van der Waals surface area contributed by atoms with E-state index in [1.807, 2.05) is 0 Å². The second-order valence-electron chi connectivity index (χ2n) is 6.99. The van der Waals surface area contributed by atoms with Gasteiger partial charge < -0.3 is 4.74 Å². The third-order valence-corrected chi connectivity index (χ3v) is 5.24. The molecule has 1 heteroatoms. The van der Waals surface area contributed by atoms with Gasteiger partial charge in [-0.05, 0) is 80.9 Å². The molecule has 0 atom stereocenters. The lowest BCUT2D eigenvalue weighted by Crippen LogP contribution is -2.13. The molecule has 23 heavy (non-hydrogen) atoms. The zero-order chi connectivity index (χ0) is 16.5. The van der Waals surface area contributed by atoms with Crippen molar-refractivity contribution < 1.29 is 4.74 Å². The molecule has 1 fully saturated rings. The first-order valence-electron chi connectivity index (χ1n) is 9.65. The van der Waals surface area contributed by atoms with Gasteiger partial charge in [-0.2, -0.15) is 0 Å². The Morgan fingerprint density at radius 3 is 2.61 bits per heavy atom. The Bertz CT molecular complexity index is 469. The predicted octanol–water partition coefficient (Wildman–Crippen LogP) is 6.67. The molecule has 0 saturated heterocycles. The lowest BCUT2D eigenvalue weighted by molar-refractivity contribution is 0.305. The average molecular weight is 315 g/mol. The van der Waals surface area contributed by atoms with Crippen molar-refractivity contribution in [1.29, 1.82) is 0 Å². The molecule has 1 aromatic carbocycles. The predicted molar refractivity (Wildman–Crippen MR) is 100 cm³/mol. The molecule has 1 aliphatic carbocycles. The number of allylic oxidation sites excluding steroid dienone is 1. The van der Waals surface area contributed by atoms with Crippen molar-refractivity contribution in [3.8, 4) is 5.75 Å². The largest absolute Gasteiger partial charge is 0.494 e. The molecule has 0 spiro atoms. The number of aryl methyl sites for hydroxylation is 1. The maximum Gasteiger partial charge on any atom is 0.122 e. The van der Waals surface area contributed by atoms with Crippen LogP contribution in [-0.4, -0.2) is 6.61 Å². The van der Waals surface area contributed by atoms with Gasteiger partial charge in [0.05, 0.1) is 6.61 Å². The van der Waals surface area contributed by atoms with E-state index in [1.54, 1.807) is 5.56 Å². The van der Waals surface area contributed by atoms with Crippen molar-refractivity contribution in [3.05, 3.63) is 42.0 Å². The minimum Gasteiger partial charge on any atom is -0.494 e. The topological polar surface area (TPSA) is 9.23 Å². The van der Waals surface area contributed by atoms with Gasteiger partial charge in [0, 0.05) is 0 Å². The van der Waals surface area contributed by atoms with Crippen molar-refractivity contribution in [2.24, 2.45) is 5.92 Å². The van der Waals surface area contributed by atoms with Crippen LogP contribution in [0.25, 0.3) is 0 Å². The summed E-state index contributed by atoms with van der Waals surface area (Å²) in [5.74, 6) is 2.80. The first-order valence-corrected chi connectivity index (χ1v) is 9.65. The van der Waals surface area contributed by atoms with Crippen LogP contribution < -0.4 is 4.74 Å². The SMILES string of the molecule is C=CCCC[C@H]1CC[C@H](c2ccc(OCC)c(CCC)c2)CC1. The van der Waals surface area contributed by atoms with Gasteiger partial charge in [-0.25, -0.2) is 0 Å². The fraction of sp³-hybridized carbons (Fsp3) is 0.636. The number of unbranched alkanes of at least 4 members (excludes halogenated alkanes) is 1. The number of rotatable bonds is 9. The zero-order valence-corrected chi connectivity index (χ0v) is 15.2. The second kappa shape index (κ2) is 9.80. The van der Waals surface area contributed by atoms with Crippen molar-refractivity contribution in [1.82, 2.24) is 0 Å². The monoisotopic (exact) mass is 314 g/mol. The molecule has 0 bridgehead atoms. The minimum absolute atomic E-state index is 0.756. The van der Waals surface area contributed by atoms with E-state index in [0.29, 0.717) is 0 Å². The normalized spacial score (nSPS) is 21.1. The quantitative estimate of drug-likeness (QED) is 0.365. The fourth-order valence-corrected chi connectivity index (χ4v) is 3.95. The van der Waals surface area contributed by atoms with E-state index in [2.05, 4.69) is 44.7 Å². The summed E-state index contributed by atoms with van der Waals surface area (Å²) < 4.78 is 5.80. The molecule has 128 valence electrons. The lowest BCUT2D eigenvalue weighted by atomic mass is 9.76. The highest BCUT2D eigenvalue weighted by molar-refractivity contribution is 5.39. The molecule has 1 nitrogen and oxygen atoms in total. The van der Waals surface area contributed by atoms with Crippen molar-refractivity contribution >= 4 is 0 Å². The van der Waals surface area contributed by atoms with Crippen LogP contribution in [0, 0.1) is 5.92 Å². The third kappa shape index (κ3) is 5.41. The van der Waals surface area contributed by atoms with E-state index >= 15 is 0 Å². The minimum atomic E-state index is 0.756. The summed E-state index contributed by atoms with van der Waals surface area (Å²) in [6.45, 7) is 8.90. The van der Waals surface area contributed by atoms with Crippen LogP contribution in [0.2, 0.25) is 0 Å². The molecule has 0 N–H and O–H groups in total. The molecule has 1 aliphatic rings. The van der Waals surface area contributed by atoms with Crippen molar-refractivity contribution in [2.45, 2.75) is 77.6 Å². The second-order valence-corrected chi connectivity index (χ2v) is 6.99. The number of benzene rings is 1. The zero-order valence-electron chi connectivity index (χ0n) is 15.2. The molecule has 0 aliphatic heterocycles. The Kier molecular flexibility index (Phi) is 7.71. The molecular weight excluding hydrogens is 280 g/mol. The highest BCUT2D eigenvalue weighted by Gasteiger charge is 2.22. The highest BCUT2D eigenvalue weighted by atomic mass is 16.5. The Balaban J connectivity index is 1.94. The molecule has 0 radical (unpaired) electrons. The molecule has 0 amide bonds. The van der Waals surface area contributed by atoms with Gasteiger partial charge in [-0.3, -0.25) is 0 Å². The number of hydrogen-bond acceptors (Lipinski definition) is 1. The Morgan fingerprint density at radius 2 is 1.96 bits per heavy atom. The summed E-state index contributed by atoms with van der Waals surface area (Å²) in [6.07, 6.45) is 13.8. The van der Waals surface area contributed by atoms with Gasteiger partial charge in [0.2, 0.25) is 0 Å². The van der Waals surface area contributed by atoms with Gasteiger partial charge in [-0.1, -0.05) is 38.0 Å². The number of ether oxygens (including phenoxy) is 1. The Hall–Kier alpha value is -1.24. The van der Waals surface area contributed by atoms with E-state index < -0.39 is 0 Å². The van der Waals surface area contributed by atoms with Crippen LogP contribution in [0.4, 0.5) is 0 Å². The maximum atomic E-state index is 5.80. The van der Waals surface area contributed by atoms with Crippen LogP contribution in [0.15, 0.2) is 30.9 Å². The molecule has 1 aromatic rings. The average Bonchev–Trinajstić information content (AvgIpc) is 2.58. The van der Waals surface area contributed by atoms with Crippen LogP contribution in [0.1, 0.15) is 82.3 Å². The molecule has 1 saturated carbocycles. The van der Waals surface area contributed by atoms with Crippen LogP contribution in [0.5, 0.6) is 5.75 Å². The van der Waals surface area contributed by atoms with Crippen LogP contribution in [-0.2, 0) is 6.42 Å². The van der Waals surface area contributed by atoms with E-state index in [4.69, 9.17) is 4.74 Å². The van der Waals surface area contributed by atoms with Crippen LogP contribution in [0.3, 0.4) is 0 Å². The third-order valence-electron chi connectivity index (χ3n) is 5.24. The first kappa shape index (κ1) is 18.1. The molecule has 0 heterocycles. The van der Waals surface area contributed by atoms with E-state index in [0.717, 1.165) is 30.6 Å². The standard InChI is InChI=1S/C22H34O/c1-4-7-8-10-18-11-13-19(14-12-18)20-15-16-22(23-6-3)21(17-20)9-5-2/h4,15-19H,1,5-14H2,2-3H3/t18-,19-. The summed E-state index contributed by atoms with van der Waals surface area (Å²) in [5.41, 5.74) is 2.95. The maximum absolute atomic E-state index is 5.80. The molecule has 2 rings (SSSR count). The van der Waals surface area contributed by atoms with Gasteiger partial charge >= 0.3 is 0 Å². The van der Waals surface area contributed by atoms with Gasteiger partial charge in [0.1, 0.15) is 5.75 Å². The molecule has 0 aromatic heterocycles. The Labute approximate surface area is 143 Å². The Morgan fingerprint density at radius 1 is 1.17 bits per heavy atom.